The molecule has 0 spiro atoms. The third-order valence-electron chi connectivity index (χ3n) is 2.54. The minimum absolute atomic E-state index is 0.761. The van der Waals surface area contributed by atoms with Gasteiger partial charge in [0, 0.05) is 31.3 Å². The first-order valence-corrected chi connectivity index (χ1v) is 5.69. The van der Waals surface area contributed by atoms with E-state index in [1.807, 2.05) is 30.3 Å². The summed E-state index contributed by atoms with van der Waals surface area (Å²) in [5.74, 6) is 0.887. The Bertz CT molecular complexity index is 499. The zero-order valence-electron chi connectivity index (χ0n) is 9.94. The molecule has 0 saturated carbocycles. The van der Waals surface area contributed by atoms with Crippen LogP contribution in [0.15, 0.2) is 30.3 Å². The number of anilines is 2. The van der Waals surface area contributed by atoms with E-state index in [9.17, 15) is 0 Å². The van der Waals surface area contributed by atoms with E-state index < -0.39 is 0 Å². The van der Waals surface area contributed by atoms with Gasteiger partial charge in [0.05, 0.1) is 5.52 Å². The molecule has 0 bridgehead atoms. The standard InChI is InChI=1S/C13H17N3O/c1-17-8-2-7-15-13-6-3-10-9-11(14)4-5-12(10)16-13/h3-6,9H,2,7-8,14H2,1H3,(H,15,16). The highest BCUT2D eigenvalue weighted by molar-refractivity contribution is 5.83. The summed E-state index contributed by atoms with van der Waals surface area (Å²) < 4.78 is 4.99. The molecule has 0 saturated heterocycles. The van der Waals surface area contributed by atoms with Crippen molar-refractivity contribution in [2.75, 3.05) is 31.3 Å². The van der Waals surface area contributed by atoms with Gasteiger partial charge in [-0.2, -0.15) is 0 Å². The molecule has 4 nitrogen and oxygen atoms in total. The van der Waals surface area contributed by atoms with E-state index in [4.69, 9.17) is 10.5 Å². The highest BCUT2D eigenvalue weighted by Gasteiger charge is 1.98. The first kappa shape index (κ1) is 11.7. The summed E-state index contributed by atoms with van der Waals surface area (Å²) in [7, 11) is 1.71. The van der Waals surface area contributed by atoms with Gasteiger partial charge in [0.15, 0.2) is 0 Å². The maximum Gasteiger partial charge on any atom is 0.126 e. The molecule has 17 heavy (non-hydrogen) atoms. The number of benzene rings is 1. The first-order chi connectivity index (χ1) is 8.29. The normalized spacial score (nSPS) is 10.6. The van der Waals surface area contributed by atoms with Crippen LogP contribution >= 0.6 is 0 Å². The maximum atomic E-state index is 5.72. The lowest BCUT2D eigenvalue weighted by Gasteiger charge is -2.06. The van der Waals surface area contributed by atoms with Gasteiger partial charge in [-0.15, -0.1) is 0 Å². The first-order valence-electron chi connectivity index (χ1n) is 5.69. The Kier molecular flexibility index (Phi) is 3.77. The summed E-state index contributed by atoms with van der Waals surface area (Å²) in [5, 5.41) is 4.33. The SMILES string of the molecule is COCCCNc1ccc2cc(N)ccc2n1. The minimum Gasteiger partial charge on any atom is -0.399 e. The number of nitrogens with zero attached hydrogens (tertiary/aromatic N) is 1. The fourth-order valence-electron chi connectivity index (χ4n) is 1.68. The van der Waals surface area contributed by atoms with Gasteiger partial charge < -0.3 is 15.8 Å². The van der Waals surface area contributed by atoms with E-state index in [-0.39, 0.29) is 0 Å². The molecule has 0 unspecified atom stereocenters. The van der Waals surface area contributed by atoms with Gasteiger partial charge in [-0.25, -0.2) is 4.98 Å². The number of rotatable bonds is 5. The third kappa shape index (κ3) is 3.07. The predicted octanol–water partition coefficient (Wildman–Crippen LogP) is 2.27. The molecular weight excluding hydrogens is 214 g/mol. The molecule has 3 N–H and O–H groups in total. The molecule has 0 aliphatic carbocycles. The number of nitrogen functional groups attached to an aromatic ring is 1. The second kappa shape index (κ2) is 5.50. The van der Waals surface area contributed by atoms with Crippen LogP contribution < -0.4 is 11.1 Å². The van der Waals surface area contributed by atoms with Crippen LogP contribution in [0, 0.1) is 0 Å². The Hall–Kier alpha value is -1.81. The second-order valence-corrected chi connectivity index (χ2v) is 3.92. The lowest BCUT2D eigenvalue weighted by molar-refractivity contribution is 0.198. The quantitative estimate of drug-likeness (QED) is 0.612. The lowest BCUT2D eigenvalue weighted by atomic mass is 10.2. The molecular formula is C13H17N3O. The average Bonchev–Trinajstić information content (AvgIpc) is 2.35. The van der Waals surface area contributed by atoms with Crippen LogP contribution in [-0.4, -0.2) is 25.2 Å². The van der Waals surface area contributed by atoms with Gasteiger partial charge >= 0.3 is 0 Å². The summed E-state index contributed by atoms with van der Waals surface area (Å²) in [5.41, 5.74) is 7.44. The third-order valence-corrected chi connectivity index (χ3v) is 2.54. The molecule has 0 aliphatic heterocycles. The molecule has 1 aromatic carbocycles. The Balaban J connectivity index is 2.07. The summed E-state index contributed by atoms with van der Waals surface area (Å²) in [6.07, 6.45) is 0.970. The monoisotopic (exact) mass is 231 g/mol. The Morgan fingerprint density at radius 2 is 2.18 bits per heavy atom. The number of hydrogen-bond acceptors (Lipinski definition) is 4. The maximum absolute atomic E-state index is 5.72. The molecule has 2 aromatic rings. The largest absolute Gasteiger partial charge is 0.399 e. The number of pyridine rings is 1. The Labute approximate surface area is 101 Å². The number of methoxy groups -OCH3 is 1. The number of ether oxygens (including phenoxy) is 1. The molecule has 0 amide bonds. The van der Waals surface area contributed by atoms with Crippen molar-refractivity contribution in [1.29, 1.82) is 0 Å². The van der Waals surface area contributed by atoms with Crippen molar-refractivity contribution in [3.8, 4) is 0 Å². The smallest absolute Gasteiger partial charge is 0.126 e. The second-order valence-electron chi connectivity index (χ2n) is 3.92. The molecule has 2 rings (SSSR count). The van der Waals surface area contributed by atoms with Gasteiger partial charge in [-0.3, -0.25) is 0 Å². The molecule has 90 valence electrons. The van der Waals surface area contributed by atoms with Gasteiger partial charge in [0.25, 0.3) is 0 Å². The van der Waals surface area contributed by atoms with Crippen LogP contribution in [-0.2, 0) is 4.74 Å². The summed E-state index contributed by atoms with van der Waals surface area (Å²) in [6, 6.07) is 9.72. The van der Waals surface area contributed by atoms with E-state index in [0.29, 0.717) is 0 Å². The number of nitrogens with one attached hydrogen (secondary N) is 1. The van der Waals surface area contributed by atoms with Crippen molar-refractivity contribution in [2.45, 2.75) is 6.42 Å². The van der Waals surface area contributed by atoms with Crippen LogP contribution in [0.25, 0.3) is 10.9 Å². The van der Waals surface area contributed by atoms with Crippen LogP contribution in [0.4, 0.5) is 11.5 Å². The van der Waals surface area contributed by atoms with Gasteiger partial charge in [0.1, 0.15) is 5.82 Å². The fraction of sp³-hybridized carbons (Fsp3) is 0.308. The van der Waals surface area contributed by atoms with E-state index in [1.54, 1.807) is 7.11 Å². The number of aromatic nitrogens is 1. The van der Waals surface area contributed by atoms with Crippen molar-refractivity contribution in [3.05, 3.63) is 30.3 Å². The highest BCUT2D eigenvalue weighted by Crippen LogP contribution is 2.17. The van der Waals surface area contributed by atoms with E-state index in [2.05, 4.69) is 10.3 Å². The van der Waals surface area contributed by atoms with Crippen LogP contribution in [0.2, 0.25) is 0 Å². The van der Waals surface area contributed by atoms with E-state index in [1.165, 1.54) is 0 Å². The van der Waals surface area contributed by atoms with E-state index in [0.717, 1.165) is 42.0 Å². The number of fused-ring (bicyclic) bond motifs is 1. The highest BCUT2D eigenvalue weighted by atomic mass is 16.5. The summed E-state index contributed by atoms with van der Waals surface area (Å²) >= 11 is 0. The van der Waals surface area contributed by atoms with Crippen molar-refractivity contribution < 1.29 is 4.74 Å². The van der Waals surface area contributed by atoms with Crippen LogP contribution in [0.3, 0.4) is 0 Å². The molecule has 1 aromatic heterocycles. The fourth-order valence-corrected chi connectivity index (χ4v) is 1.68. The minimum atomic E-state index is 0.761. The molecule has 0 fully saturated rings. The van der Waals surface area contributed by atoms with Crippen molar-refractivity contribution >= 4 is 22.4 Å². The summed E-state index contributed by atoms with van der Waals surface area (Å²) in [4.78, 5) is 4.51. The zero-order chi connectivity index (χ0) is 12.1. The molecule has 0 atom stereocenters. The number of nitrogens with two attached hydrogens (primary N) is 1. The number of hydrogen-bond donors (Lipinski definition) is 2. The summed E-state index contributed by atoms with van der Waals surface area (Å²) in [6.45, 7) is 1.62. The molecule has 0 radical (unpaired) electrons. The average molecular weight is 231 g/mol. The van der Waals surface area contributed by atoms with E-state index >= 15 is 0 Å². The van der Waals surface area contributed by atoms with Crippen molar-refractivity contribution in [1.82, 2.24) is 4.98 Å². The topological polar surface area (TPSA) is 60.2 Å². The van der Waals surface area contributed by atoms with Gasteiger partial charge in [-0.05, 0) is 36.8 Å². The van der Waals surface area contributed by atoms with Crippen LogP contribution in [0.1, 0.15) is 6.42 Å². The van der Waals surface area contributed by atoms with Gasteiger partial charge in [-0.1, -0.05) is 0 Å². The van der Waals surface area contributed by atoms with Gasteiger partial charge in [0.2, 0.25) is 0 Å². The van der Waals surface area contributed by atoms with Crippen LogP contribution in [0.5, 0.6) is 0 Å². The van der Waals surface area contributed by atoms with Crippen molar-refractivity contribution in [3.63, 3.8) is 0 Å². The molecule has 4 heteroatoms. The van der Waals surface area contributed by atoms with Crippen molar-refractivity contribution in [2.24, 2.45) is 0 Å². The Morgan fingerprint density at radius 1 is 1.29 bits per heavy atom. The lowest BCUT2D eigenvalue weighted by Crippen LogP contribution is -2.05. The molecule has 0 aliphatic rings. The zero-order valence-corrected chi connectivity index (χ0v) is 9.94. The Morgan fingerprint density at radius 3 is 3.00 bits per heavy atom. The molecule has 1 heterocycles. The predicted molar refractivity (Wildman–Crippen MR) is 71.1 cm³/mol.